The summed E-state index contributed by atoms with van der Waals surface area (Å²) in [6.45, 7) is 0. The lowest BCUT2D eigenvalue weighted by molar-refractivity contribution is 0.402. The van der Waals surface area contributed by atoms with E-state index in [2.05, 4.69) is 15.9 Å². The number of hydrogen-bond acceptors (Lipinski definition) is 3. The number of methoxy groups -OCH3 is 1. The molecule has 0 saturated heterocycles. The van der Waals surface area contributed by atoms with Crippen molar-refractivity contribution in [1.82, 2.24) is 4.24 Å². The van der Waals surface area contributed by atoms with Crippen LogP contribution in [0.25, 0.3) is 0 Å². The van der Waals surface area contributed by atoms with Crippen LogP contribution in [0.1, 0.15) is 0 Å². The molecule has 0 radical (unpaired) electrons. The molecule has 0 amide bonds. The molecule has 1 aromatic carbocycles. The summed E-state index contributed by atoms with van der Waals surface area (Å²) in [6, 6.07) is 4.61. The minimum Gasteiger partial charge on any atom is -0.495 e. The maximum absolute atomic E-state index is 11.4. The normalized spacial score (nSPS) is 11.4. The summed E-state index contributed by atoms with van der Waals surface area (Å²) in [5.74, 6) is 0.237. The molecule has 1 rings (SSSR count). The average Bonchev–Trinajstić information content (AvgIpc) is 2.18. The average molecular weight is 301 g/mol. The van der Waals surface area contributed by atoms with Crippen molar-refractivity contribution in [2.24, 2.45) is 0 Å². The largest absolute Gasteiger partial charge is 0.495 e. The molecule has 0 spiro atoms. The summed E-state index contributed by atoms with van der Waals surface area (Å²) in [5.41, 5.74) is 0. The van der Waals surface area contributed by atoms with Crippen LogP contribution in [-0.2, 0) is 10.0 Å². The molecule has 0 saturated carbocycles. The zero-order valence-electron chi connectivity index (χ0n) is 7.12. The number of rotatable bonds is 3. The van der Waals surface area contributed by atoms with E-state index in [0.29, 0.717) is 4.47 Å². The monoisotopic (exact) mass is 299 g/mol. The first-order valence-electron chi connectivity index (χ1n) is 3.47. The Hall–Kier alpha value is -0.300. The molecule has 78 valence electrons. The van der Waals surface area contributed by atoms with E-state index in [1.54, 1.807) is 10.3 Å². The third-order valence-electron chi connectivity index (χ3n) is 1.52. The van der Waals surface area contributed by atoms with Gasteiger partial charge in [0.2, 0.25) is 0 Å². The van der Waals surface area contributed by atoms with E-state index < -0.39 is 10.0 Å². The van der Waals surface area contributed by atoms with Gasteiger partial charge in [0.1, 0.15) is 10.6 Å². The van der Waals surface area contributed by atoms with Gasteiger partial charge in [-0.25, -0.2) is 8.42 Å². The van der Waals surface area contributed by atoms with Gasteiger partial charge in [-0.15, -0.1) is 4.24 Å². The van der Waals surface area contributed by atoms with E-state index in [4.69, 9.17) is 16.5 Å². The van der Waals surface area contributed by atoms with E-state index in [1.807, 2.05) is 0 Å². The molecule has 1 N–H and O–H groups in total. The summed E-state index contributed by atoms with van der Waals surface area (Å²) >= 11 is 8.26. The number of halogens is 2. The van der Waals surface area contributed by atoms with Crippen LogP contribution in [0.4, 0.5) is 0 Å². The first-order valence-corrected chi connectivity index (χ1v) is 6.12. The van der Waals surface area contributed by atoms with Gasteiger partial charge in [0.05, 0.1) is 7.11 Å². The van der Waals surface area contributed by atoms with Gasteiger partial charge in [-0.1, -0.05) is 15.9 Å². The van der Waals surface area contributed by atoms with Crippen molar-refractivity contribution in [3.8, 4) is 5.75 Å². The van der Waals surface area contributed by atoms with Crippen molar-refractivity contribution in [2.45, 2.75) is 4.90 Å². The minimum atomic E-state index is -3.70. The molecule has 0 aliphatic rings. The van der Waals surface area contributed by atoms with Gasteiger partial charge in [0.15, 0.2) is 0 Å². The van der Waals surface area contributed by atoms with E-state index >= 15 is 0 Å². The lowest BCUT2D eigenvalue weighted by Gasteiger charge is -2.07. The van der Waals surface area contributed by atoms with Crippen LogP contribution < -0.4 is 8.98 Å². The third-order valence-corrected chi connectivity index (χ3v) is 3.72. The summed E-state index contributed by atoms with van der Waals surface area (Å²) in [7, 11) is -2.32. The van der Waals surface area contributed by atoms with Crippen LogP contribution in [0.2, 0.25) is 0 Å². The summed E-state index contributed by atoms with van der Waals surface area (Å²) < 4.78 is 30.0. The van der Waals surface area contributed by atoms with Gasteiger partial charge in [0.25, 0.3) is 10.0 Å². The summed E-state index contributed by atoms with van der Waals surface area (Å²) in [6.07, 6.45) is 0. The number of hydrogen-bond donors (Lipinski definition) is 1. The first kappa shape index (κ1) is 11.8. The second-order valence-corrected chi connectivity index (χ2v) is 5.36. The van der Waals surface area contributed by atoms with Gasteiger partial charge in [0, 0.05) is 4.47 Å². The fourth-order valence-electron chi connectivity index (χ4n) is 0.902. The van der Waals surface area contributed by atoms with E-state index in [-0.39, 0.29) is 10.6 Å². The molecule has 4 nitrogen and oxygen atoms in total. The molecule has 1 aromatic rings. The summed E-state index contributed by atoms with van der Waals surface area (Å²) in [5, 5.41) is 0. The highest BCUT2D eigenvalue weighted by Crippen LogP contribution is 2.27. The third kappa shape index (κ3) is 2.38. The predicted octanol–water partition coefficient (Wildman–Crippen LogP) is 1.89. The highest BCUT2D eigenvalue weighted by Gasteiger charge is 2.18. The van der Waals surface area contributed by atoms with Crippen LogP contribution in [0.5, 0.6) is 5.75 Å². The van der Waals surface area contributed by atoms with Crippen LogP contribution in [0, 0.1) is 0 Å². The van der Waals surface area contributed by atoms with Crippen LogP contribution in [-0.4, -0.2) is 15.5 Å². The van der Waals surface area contributed by atoms with Crippen molar-refractivity contribution in [3.05, 3.63) is 22.7 Å². The number of benzene rings is 1. The minimum absolute atomic E-state index is 0.00984. The molecule has 0 aliphatic heterocycles. The van der Waals surface area contributed by atoms with Crippen molar-refractivity contribution >= 4 is 37.7 Å². The Labute approximate surface area is 95.5 Å². The van der Waals surface area contributed by atoms with Crippen molar-refractivity contribution in [1.29, 1.82) is 0 Å². The van der Waals surface area contributed by atoms with Gasteiger partial charge in [-0.2, -0.15) is 0 Å². The van der Waals surface area contributed by atoms with Gasteiger partial charge in [-0.05, 0) is 30.0 Å². The molecule has 14 heavy (non-hydrogen) atoms. The molecule has 0 fully saturated rings. The Morgan fingerprint density at radius 1 is 1.50 bits per heavy atom. The number of ether oxygens (including phenoxy) is 1. The fraction of sp³-hybridized carbons (Fsp3) is 0.143. The van der Waals surface area contributed by atoms with Crippen LogP contribution >= 0.6 is 27.7 Å². The van der Waals surface area contributed by atoms with Gasteiger partial charge >= 0.3 is 0 Å². The van der Waals surface area contributed by atoms with E-state index in [9.17, 15) is 8.42 Å². The van der Waals surface area contributed by atoms with Crippen molar-refractivity contribution < 1.29 is 13.2 Å². The van der Waals surface area contributed by atoms with Crippen LogP contribution in [0.3, 0.4) is 0 Å². The molecular formula is C7H7BrClNO3S. The quantitative estimate of drug-likeness (QED) is 0.867. The van der Waals surface area contributed by atoms with Crippen molar-refractivity contribution in [2.75, 3.05) is 7.11 Å². The molecule has 0 atom stereocenters. The molecule has 0 heterocycles. The SMILES string of the molecule is COc1ccc(Br)cc1S(=O)(=O)NCl. The number of nitrogens with one attached hydrogen (secondary N) is 1. The molecule has 0 unspecified atom stereocenters. The Morgan fingerprint density at radius 3 is 2.64 bits per heavy atom. The molecule has 0 aromatic heterocycles. The fourth-order valence-corrected chi connectivity index (χ4v) is 2.45. The Bertz CT molecular complexity index is 435. The molecule has 7 heteroatoms. The lowest BCUT2D eigenvalue weighted by Crippen LogP contribution is -2.14. The first-order chi connectivity index (χ1) is 6.51. The van der Waals surface area contributed by atoms with Crippen LogP contribution in [0.15, 0.2) is 27.6 Å². The topological polar surface area (TPSA) is 55.4 Å². The van der Waals surface area contributed by atoms with Crippen molar-refractivity contribution in [3.63, 3.8) is 0 Å². The zero-order chi connectivity index (χ0) is 10.8. The lowest BCUT2D eigenvalue weighted by atomic mass is 10.3. The standard InChI is InChI=1S/C7H7BrClNO3S/c1-13-6-3-2-5(8)4-7(6)14(11,12)10-9/h2-4,10H,1H3. The van der Waals surface area contributed by atoms with E-state index in [0.717, 1.165) is 0 Å². The highest BCUT2D eigenvalue weighted by atomic mass is 79.9. The Kier molecular flexibility index (Phi) is 3.77. The Morgan fingerprint density at radius 2 is 2.14 bits per heavy atom. The molecular weight excluding hydrogens is 294 g/mol. The second kappa shape index (κ2) is 4.48. The number of sulfonamides is 1. The Balaban J connectivity index is 3.39. The highest BCUT2D eigenvalue weighted by molar-refractivity contribution is 9.10. The molecule has 0 bridgehead atoms. The predicted molar refractivity (Wildman–Crippen MR) is 56.9 cm³/mol. The van der Waals surface area contributed by atoms with E-state index in [1.165, 1.54) is 19.2 Å². The molecule has 0 aliphatic carbocycles. The smallest absolute Gasteiger partial charge is 0.257 e. The van der Waals surface area contributed by atoms with Gasteiger partial charge in [-0.3, -0.25) is 0 Å². The second-order valence-electron chi connectivity index (χ2n) is 2.38. The maximum atomic E-state index is 11.4. The zero-order valence-corrected chi connectivity index (χ0v) is 10.3. The summed E-state index contributed by atoms with van der Waals surface area (Å²) in [4.78, 5) is -0.00984. The van der Waals surface area contributed by atoms with Gasteiger partial charge < -0.3 is 4.74 Å². The maximum Gasteiger partial charge on any atom is 0.257 e.